The molecule has 106 valence electrons. The number of piperazine rings is 1. The molecule has 1 fully saturated rings. The third kappa shape index (κ3) is 3.30. The molecule has 1 aliphatic rings. The van der Waals surface area contributed by atoms with Crippen LogP contribution in [0.5, 0.6) is 0 Å². The summed E-state index contributed by atoms with van der Waals surface area (Å²) < 4.78 is 0. The Balaban J connectivity index is 2.16. The Bertz CT molecular complexity index is 385. The van der Waals surface area contributed by atoms with Gasteiger partial charge in [-0.25, -0.2) is 0 Å². The van der Waals surface area contributed by atoms with Gasteiger partial charge in [-0.1, -0.05) is 44.9 Å². The molecule has 0 aliphatic carbocycles. The first-order valence-corrected chi connectivity index (χ1v) is 7.72. The van der Waals surface area contributed by atoms with Gasteiger partial charge in [-0.2, -0.15) is 0 Å². The minimum absolute atomic E-state index is 0.620. The Hall–Kier alpha value is -1.02. The number of rotatable bonds is 4. The Labute approximate surface area is 118 Å². The molecule has 1 aromatic rings. The summed E-state index contributed by atoms with van der Waals surface area (Å²) in [7, 11) is 0. The molecule has 2 heteroatoms. The van der Waals surface area contributed by atoms with E-state index in [0.29, 0.717) is 12.1 Å². The van der Waals surface area contributed by atoms with Crippen molar-refractivity contribution in [3.05, 3.63) is 29.8 Å². The number of aryl methyl sites for hydroxylation is 1. The molecule has 0 radical (unpaired) electrons. The van der Waals surface area contributed by atoms with Crippen LogP contribution in [0.3, 0.4) is 0 Å². The summed E-state index contributed by atoms with van der Waals surface area (Å²) in [6, 6.07) is 10.2. The zero-order valence-corrected chi connectivity index (χ0v) is 12.8. The molecule has 1 aromatic carbocycles. The predicted octanol–water partition coefficient (Wildman–Crippen LogP) is 3.60. The van der Waals surface area contributed by atoms with Crippen LogP contribution in [0.25, 0.3) is 0 Å². The van der Waals surface area contributed by atoms with Gasteiger partial charge >= 0.3 is 0 Å². The van der Waals surface area contributed by atoms with E-state index in [0.717, 1.165) is 19.0 Å². The second kappa shape index (κ2) is 6.42. The van der Waals surface area contributed by atoms with E-state index in [1.807, 2.05) is 0 Å². The number of benzene rings is 1. The molecule has 2 rings (SSSR count). The quantitative estimate of drug-likeness (QED) is 0.890. The molecule has 1 heterocycles. The first-order valence-electron chi connectivity index (χ1n) is 7.72. The summed E-state index contributed by atoms with van der Waals surface area (Å²) in [5, 5.41) is 3.74. The summed E-state index contributed by atoms with van der Waals surface area (Å²) in [6.07, 6.45) is 2.45. The van der Waals surface area contributed by atoms with Gasteiger partial charge in [0.25, 0.3) is 0 Å². The van der Waals surface area contributed by atoms with Gasteiger partial charge in [-0.15, -0.1) is 0 Å². The Morgan fingerprint density at radius 3 is 2.53 bits per heavy atom. The minimum atomic E-state index is 0.620. The maximum Gasteiger partial charge on any atom is 0.0412 e. The van der Waals surface area contributed by atoms with E-state index in [4.69, 9.17) is 0 Å². The van der Waals surface area contributed by atoms with E-state index in [1.54, 1.807) is 0 Å². The van der Waals surface area contributed by atoms with E-state index in [-0.39, 0.29) is 0 Å². The highest BCUT2D eigenvalue weighted by atomic mass is 15.2. The first-order chi connectivity index (χ1) is 9.15. The SMILES string of the molecule is CCC(C)C1CN(c2ccc(C)cc2)C(CC)CN1. The Kier molecular flexibility index (Phi) is 4.87. The predicted molar refractivity (Wildman–Crippen MR) is 83.8 cm³/mol. The molecule has 1 N–H and O–H groups in total. The minimum Gasteiger partial charge on any atom is -0.366 e. The smallest absolute Gasteiger partial charge is 0.0412 e. The molecule has 0 spiro atoms. The highest BCUT2D eigenvalue weighted by molar-refractivity contribution is 5.49. The van der Waals surface area contributed by atoms with E-state index >= 15 is 0 Å². The summed E-state index contributed by atoms with van der Waals surface area (Å²) in [5.41, 5.74) is 2.72. The number of nitrogens with one attached hydrogen (secondary N) is 1. The molecule has 3 atom stereocenters. The fourth-order valence-corrected chi connectivity index (χ4v) is 2.91. The van der Waals surface area contributed by atoms with Crippen LogP contribution in [-0.4, -0.2) is 25.2 Å². The fraction of sp³-hybridized carbons (Fsp3) is 0.647. The van der Waals surface area contributed by atoms with Crippen LogP contribution >= 0.6 is 0 Å². The lowest BCUT2D eigenvalue weighted by Gasteiger charge is -2.43. The second-order valence-corrected chi connectivity index (χ2v) is 5.95. The molecule has 1 aliphatic heterocycles. The molecule has 0 saturated carbocycles. The third-order valence-corrected chi connectivity index (χ3v) is 4.62. The van der Waals surface area contributed by atoms with Gasteiger partial charge in [0.2, 0.25) is 0 Å². The number of anilines is 1. The lowest BCUT2D eigenvalue weighted by Crippen LogP contribution is -2.58. The maximum absolute atomic E-state index is 3.74. The molecular weight excluding hydrogens is 232 g/mol. The highest BCUT2D eigenvalue weighted by Crippen LogP contribution is 2.24. The monoisotopic (exact) mass is 260 g/mol. The maximum atomic E-state index is 3.74. The molecule has 3 unspecified atom stereocenters. The number of hydrogen-bond acceptors (Lipinski definition) is 2. The van der Waals surface area contributed by atoms with Gasteiger partial charge in [-0.05, 0) is 31.4 Å². The average Bonchev–Trinajstić information content (AvgIpc) is 2.46. The normalized spacial score (nSPS) is 25.4. The average molecular weight is 260 g/mol. The van der Waals surface area contributed by atoms with Crippen LogP contribution in [0.4, 0.5) is 5.69 Å². The van der Waals surface area contributed by atoms with E-state index < -0.39 is 0 Å². The van der Waals surface area contributed by atoms with Crippen molar-refractivity contribution in [1.82, 2.24) is 5.32 Å². The zero-order valence-electron chi connectivity index (χ0n) is 12.8. The van der Waals surface area contributed by atoms with Crippen LogP contribution < -0.4 is 10.2 Å². The fourth-order valence-electron chi connectivity index (χ4n) is 2.91. The van der Waals surface area contributed by atoms with Crippen molar-refractivity contribution in [3.8, 4) is 0 Å². The van der Waals surface area contributed by atoms with Gasteiger partial charge in [0.15, 0.2) is 0 Å². The third-order valence-electron chi connectivity index (χ3n) is 4.62. The van der Waals surface area contributed by atoms with Crippen molar-refractivity contribution >= 4 is 5.69 Å². The summed E-state index contributed by atoms with van der Waals surface area (Å²) in [5.74, 6) is 0.741. The Morgan fingerprint density at radius 1 is 1.26 bits per heavy atom. The van der Waals surface area contributed by atoms with Crippen molar-refractivity contribution in [2.75, 3.05) is 18.0 Å². The Morgan fingerprint density at radius 2 is 1.95 bits per heavy atom. The van der Waals surface area contributed by atoms with Gasteiger partial charge in [0.05, 0.1) is 0 Å². The number of hydrogen-bond donors (Lipinski definition) is 1. The van der Waals surface area contributed by atoms with Crippen LogP contribution in [0.15, 0.2) is 24.3 Å². The molecule has 19 heavy (non-hydrogen) atoms. The molecule has 0 aromatic heterocycles. The molecule has 0 bridgehead atoms. The topological polar surface area (TPSA) is 15.3 Å². The molecule has 2 nitrogen and oxygen atoms in total. The van der Waals surface area contributed by atoms with Crippen LogP contribution in [0.1, 0.15) is 39.2 Å². The van der Waals surface area contributed by atoms with Gasteiger partial charge < -0.3 is 10.2 Å². The van der Waals surface area contributed by atoms with Crippen molar-refractivity contribution in [2.45, 2.75) is 52.6 Å². The summed E-state index contributed by atoms with van der Waals surface area (Å²) in [4.78, 5) is 2.60. The largest absolute Gasteiger partial charge is 0.366 e. The van der Waals surface area contributed by atoms with Gasteiger partial charge in [0.1, 0.15) is 0 Å². The molecular formula is C17H28N2. The molecule has 0 amide bonds. The second-order valence-electron chi connectivity index (χ2n) is 5.95. The van der Waals surface area contributed by atoms with Crippen molar-refractivity contribution in [3.63, 3.8) is 0 Å². The van der Waals surface area contributed by atoms with Gasteiger partial charge in [0, 0.05) is 30.9 Å². The number of nitrogens with zero attached hydrogens (tertiary/aromatic N) is 1. The van der Waals surface area contributed by atoms with Crippen molar-refractivity contribution < 1.29 is 0 Å². The van der Waals surface area contributed by atoms with Crippen LogP contribution in [-0.2, 0) is 0 Å². The first kappa shape index (κ1) is 14.4. The standard InChI is InChI=1S/C17H28N2/c1-5-14(4)17-12-19(15(6-2)11-18-17)16-9-7-13(3)8-10-16/h7-10,14-15,17-18H,5-6,11-12H2,1-4H3. The van der Waals surface area contributed by atoms with Crippen LogP contribution in [0, 0.1) is 12.8 Å². The highest BCUT2D eigenvalue weighted by Gasteiger charge is 2.29. The van der Waals surface area contributed by atoms with Crippen molar-refractivity contribution in [2.24, 2.45) is 5.92 Å². The lowest BCUT2D eigenvalue weighted by molar-refractivity contribution is 0.306. The summed E-state index contributed by atoms with van der Waals surface area (Å²) in [6.45, 7) is 11.3. The lowest BCUT2D eigenvalue weighted by atomic mass is 9.94. The molecule has 1 saturated heterocycles. The van der Waals surface area contributed by atoms with E-state index in [1.165, 1.54) is 24.1 Å². The van der Waals surface area contributed by atoms with E-state index in [2.05, 4.69) is 62.2 Å². The van der Waals surface area contributed by atoms with Crippen LogP contribution in [0.2, 0.25) is 0 Å². The summed E-state index contributed by atoms with van der Waals surface area (Å²) >= 11 is 0. The van der Waals surface area contributed by atoms with E-state index in [9.17, 15) is 0 Å². The van der Waals surface area contributed by atoms with Gasteiger partial charge in [-0.3, -0.25) is 0 Å². The zero-order chi connectivity index (χ0) is 13.8. The van der Waals surface area contributed by atoms with Crippen molar-refractivity contribution in [1.29, 1.82) is 0 Å².